The van der Waals surface area contributed by atoms with Crippen LogP contribution in [0.4, 0.5) is 4.39 Å². The SMILES string of the molecule is CN(CCC1CNCCO1)Cc1ccccc1F. The van der Waals surface area contributed by atoms with E-state index in [0.29, 0.717) is 12.6 Å². The van der Waals surface area contributed by atoms with Crippen molar-refractivity contribution in [1.29, 1.82) is 0 Å². The first-order chi connectivity index (χ1) is 8.75. The number of hydrogen-bond acceptors (Lipinski definition) is 3. The van der Waals surface area contributed by atoms with Gasteiger partial charge in [0.25, 0.3) is 0 Å². The molecule has 1 heterocycles. The lowest BCUT2D eigenvalue weighted by molar-refractivity contribution is 0.0183. The summed E-state index contributed by atoms with van der Waals surface area (Å²) in [6.45, 7) is 4.23. The largest absolute Gasteiger partial charge is 0.376 e. The molecule has 1 atom stereocenters. The highest BCUT2D eigenvalue weighted by atomic mass is 19.1. The Hall–Kier alpha value is -0.970. The number of ether oxygens (including phenoxy) is 1. The van der Waals surface area contributed by atoms with E-state index in [1.165, 1.54) is 6.07 Å². The molecular formula is C14H21FN2O. The maximum Gasteiger partial charge on any atom is 0.127 e. The van der Waals surface area contributed by atoms with Crippen LogP contribution in [0.15, 0.2) is 24.3 Å². The van der Waals surface area contributed by atoms with Gasteiger partial charge in [0.1, 0.15) is 5.82 Å². The third kappa shape index (κ3) is 4.05. The van der Waals surface area contributed by atoms with E-state index in [-0.39, 0.29) is 5.82 Å². The molecule has 0 aliphatic carbocycles. The highest BCUT2D eigenvalue weighted by molar-refractivity contribution is 5.16. The molecule has 3 nitrogen and oxygen atoms in total. The predicted octanol–water partition coefficient (Wildman–Crippen LogP) is 1.64. The smallest absolute Gasteiger partial charge is 0.127 e. The quantitative estimate of drug-likeness (QED) is 0.862. The fourth-order valence-corrected chi connectivity index (χ4v) is 2.17. The average Bonchev–Trinajstić information content (AvgIpc) is 2.40. The summed E-state index contributed by atoms with van der Waals surface area (Å²) >= 11 is 0. The summed E-state index contributed by atoms with van der Waals surface area (Å²) in [5.74, 6) is -0.125. The van der Waals surface area contributed by atoms with Gasteiger partial charge in [-0.3, -0.25) is 0 Å². The van der Waals surface area contributed by atoms with Crippen molar-refractivity contribution in [2.75, 3.05) is 33.3 Å². The van der Waals surface area contributed by atoms with E-state index < -0.39 is 0 Å². The van der Waals surface area contributed by atoms with E-state index in [9.17, 15) is 4.39 Å². The highest BCUT2D eigenvalue weighted by Crippen LogP contribution is 2.10. The van der Waals surface area contributed by atoms with Crippen molar-refractivity contribution >= 4 is 0 Å². The molecule has 1 saturated heterocycles. The van der Waals surface area contributed by atoms with Gasteiger partial charge in [-0.2, -0.15) is 0 Å². The Bertz CT molecular complexity index is 367. The molecule has 2 rings (SSSR count). The first kappa shape index (κ1) is 13.5. The van der Waals surface area contributed by atoms with Gasteiger partial charge in [-0.25, -0.2) is 4.39 Å². The standard InChI is InChI=1S/C14H21FN2O/c1-17(8-6-13-10-16-7-9-18-13)11-12-4-2-3-5-14(12)15/h2-5,13,16H,6-11H2,1H3. The summed E-state index contributed by atoms with van der Waals surface area (Å²) in [6.07, 6.45) is 1.28. The molecule has 1 aliphatic rings. The number of rotatable bonds is 5. The molecule has 1 aliphatic heterocycles. The number of nitrogens with zero attached hydrogens (tertiary/aromatic N) is 1. The number of halogens is 1. The molecular weight excluding hydrogens is 231 g/mol. The minimum Gasteiger partial charge on any atom is -0.376 e. The van der Waals surface area contributed by atoms with E-state index in [1.54, 1.807) is 6.07 Å². The van der Waals surface area contributed by atoms with Gasteiger partial charge in [0.2, 0.25) is 0 Å². The zero-order valence-corrected chi connectivity index (χ0v) is 10.9. The minimum absolute atomic E-state index is 0.125. The lowest BCUT2D eigenvalue weighted by atomic mass is 10.2. The van der Waals surface area contributed by atoms with E-state index in [2.05, 4.69) is 10.2 Å². The van der Waals surface area contributed by atoms with Crippen LogP contribution in [-0.2, 0) is 11.3 Å². The van der Waals surface area contributed by atoms with Crippen LogP contribution in [-0.4, -0.2) is 44.3 Å². The predicted molar refractivity (Wildman–Crippen MR) is 70.0 cm³/mol. The molecule has 18 heavy (non-hydrogen) atoms. The van der Waals surface area contributed by atoms with Crippen LogP contribution in [0.5, 0.6) is 0 Å². The Labute approximate surface area is 108 Å². The zero-order valence-electron chi connectivity index (χ0n) is 10.9. The number of hydrogen-bond donors (Lipinski definition) is 1. The lowest BCUT2D eigenvalue weighted by Gasteiger charge is -2.26. The molecule has 0 radical (unpaired) electrons. The molecule has 0 saturated carbocycles. The van der Waals surface area contributed by atoms with Gasteiger partial charge in [0, 0.05) is 31.7 Å². The third-order valence-corrected chi connectivity index (χ3v) is 3.24. The topological polar surface area (TPSA) is 24.5 Å². The second-order valence-corrected chi connectivity index (χ2v) is 4.81. The molecule has 4 heteroatoms. The molecule has 0 amide bonds. The Morgan fingerprint density at radius 3 is 3.00 bits per heavy atom. The van der Waals surface area contributed by atoms with Gasteiger partial charge in [-0.1, -0.05) is 18.2 Å². The second-order valence-electron chi connectivity index (χ2n) is 4.81. The molecule has 1 aromatic rings. The number of benzene rings is 1. The van der Waals surface area contributed by atoms with Crippen LogP contribution in [0.3, 0.4) is 0 Å². The van der Waals surface area contributed by atoms with Crippen molar-refractivity contribution in [3.63, 3.8) is 0 Å². The zero-order chi connectivity index (χ0) is 12.8. The number of nitrogens with one attached hydrogen (secondary N) is 1. The molecule has 1 fully saturated rings. The molecule has 1 unspecified atom stereocenters. The van der Waals surface area contributed by atoms with Gasteiger partial charge < -0.3 is 15.0 Å². The number of morpholine rings is 1. The van der Waals surface area contributed by atoms with E-state index >= 15 is 0 Å². The van der Waals surface area contributed by atoms with Crippen LogP contribution in [0.1, 0.15) is 12.0 Å². The highest BCUT2D eigenvalue weighted by Gasteiger charge is 2.14. The van der Waals surface area contributed by atoms with Crippen LogP contribution in [0, 0.1) is 5.82 Å². The molecule has 0 spiro atoms. The molecule has 100 valence electrons. The fraction of sp³-hybridized carbons (Fsp3) is 0.571. The summed E-state index contributed by atoms with van der Waals surface area (Å²) < 4.78 is 19.1. The van der Waals surface area contributed by atoms with Crippen molar-refractivity contribution < 1.29 is 9.13 Å². The average molecular weight is 252 g/mol. The first-order valence-corrected chi connectivity index (χ1v) is 6.50. The maximum atomic E-state index is 13.5. The molecule has 1 aromatic carbocycles. The van der Waals surface area contributed by atoms with E-state index in [0.717, 1.165) is 38.2 Å². The summed E-state index contributed by atoms with van der Waals surface area (Å²) in [6, 6.07) is 6.95. The van der Waals surface area contributed by atoms with Crippen LogP contribution in [0.25, 0.3) is 0 Å². The van der Waals surface area contributed by atoms with Gasteiger partial charge in [0.05, 0.1) is 12.7 Å². The van der Waals surface area contributed by atoms with Crippen molar-refractivity contribution in [2.24, 2.45) is 0 Å². The summed E-state index contributed by atoms with van der Waals surface area (Å²) in [4.78, 5) is 2.14. The Morgan fingerprint density at radius 2 is 2.28 bits per heavy atom. The second kappa shape index (κ2) is 6.83. The van der Waals surface area contributed by atoms with Crippen molar-refractivity contribution in [3.8, 4) is 0 Å². The van der Waals surface area contributed by atoms with Gasteiger partial charge >= 0.3 is 0 Å². The Balaban J connectivity index is 1.74. The minimum atomic E-state index is -0.125. The van der Waals surface area contributed by atoms with Crippen molar-refractivity contribution in [1.82, 2.24) is 10.2 Å². The Morgan fingerprint density at radius 1 is 1.44 bits per heavy atom. The van der Waals surface area contributed by atoms with E-state index in [4.69, 9.17) is 4.74 Å². The van der Waals surface area contributed by atoms with Crippen molar-refractivity contribution in [2.45, 2.75) is 19.1 Å². The Kier molecular flexibility index (Phi) is 5.11. The summed E-state index contributed by atoms with van der Waals surface area (Å²) in [5, 5.41) is 3.31. The lowest BCUT2D eigenvalue weighted by Crippen LogP contribution is -2.40. The maximum absolute atomic E-state index is 13.5. The fourth-order valence-electron chi connectivity index (χ4n) is 2.17. The van der Waals surface area contributed by atoms with Gasteiger partial charge in [-0.15, -0.1) is 0 Å². The molecule has 1 N–H and O–H groups in total. The van der Waals surface area contributed by atoms with E-state index in [1.807, 2.05) is 19.2 Å². The normalized spacial score (nSPS) is 20.3. The van der Waals surface area contributed by atoms with Crippen LogP contribution in [0.2, 0.25) is 0 Å². The van der Waals surface area contributed by atoms with Crippen molar-refractivity contribution in [3.05, 3.63) is 35.6 Å². The van der Waals surface area contributed by atoms with Crippen LogP contribution >= 0.6 is 0 Å². The molecule has 0 bridgehead atoms. The first-order valence-electron chi connectivity index (χ1n) is 6.50. The third-order valence-electron chi connectivity index (χ3n) is 3.24. The van der Waals surface area contributed by atoms with Gasteiger partial charge in [-0.05, 0) is 19.5 Å². The summed E-state index contributed by atoms with van der Waals surface area (Å²) in [5.41, 5.74) is 0.752. The summed E-state index contributed by atoms with van der Waals surface area (Å²) in [7, 11) is 2.02. The molecule has 0 aromatic heterocycles. The monoisotopic (exact) mass is 252 g/mol. The van der Waals surface area contributed by atoms with Crippen LogP contribution < -0.4 is 5.32 Å². The van der Waals surface area contributed by atoms with Gasteiger partial charge in [0.15, 0.2) is 0 Å².